The highest BCUT2D eigenvalue weighted by Crippen LogP contribution is 2.09. The van der Waals surface area contributed by atoms with Gasteiger partial charge in [-0.1, -0.05) is 12.1 Å². The molecule has 0 saturated heterocycles. The summed E-state index contributed by atoms with van der Waals surface area (Å²) in [4.78, 5) is 4.17. The number of nitrogens with zero attached hydrogens (tertiary/aromatic N) is 3. The molecule has 0 unspecified atom stereocenters. The first-order valence-electron chi connectivity index (χ1n) is 5.87. The van der Waals surface area contributed by atoms with Crippen LogP contribution in [0.3, 0.4) is 0 Å². The van der Waals surface area contributed by atoms with Crippen LogP contribution < -0.4 is 0 Å². The molecule has 1 heterocycles. The molecule has 1 aromatic heterocycles. The van der Waals surface area contributed by atoms with E-state index in [-0.39, 0.29) is 0 Å². The molecule has 0 amide bonds. The molecule has 0 radical (unpaired) electrons. The van der Waals surface area contributed by atoms with Crippen molar-refractivity contribution in [2.24, 2.45) is 0 Å². The molecule has 0 fully saturated rings. The standard InChI is InChI=1S/C14H14ClN3/c15-7-1-2-14-9-17-11-18(14)10-13-5-3-12(8-16)4-6-13/h3-6,9,11H,1-2,7,10H2/i8+2. The lowest BCUT2D eigenvalue weighted by atomic mass is 10.2. The summed E-state index contributed by atoms with van der Waals surface area (Å²) in [5, 5.41) is 8.75. The predicted octanol–water partition coefficient (Wildman–Crippen LogP) is 2.97. The SMILES string of the molecule is N#[14C]c1ccc(Cn2cncc2CCCCl)cc1. The van der Waals surface area contributed by atoms with Crippen molar-refractivity contribution < 1.29 is 0 Å². The van der Waals surface area contributed by atoms with Crippen LogP contribution in [0.25, 0.3) is 0 Å². The Morgan fingerprint density at radius 2 is 2.06 bits per heavy atom. The lowest BCUT2D eigenvalue weighted by molar-refractivity contribution is 0.724. The number of aromatic nitrogens is 2. The zero-order valence-corrected chi connectivity index (χ0v) is 10.8. The number of nitriles is 1. The van der Waals surface area contributed by atoms with Crippen LogP contribution in [0.1, 0.15) is 23.2 Å². The molecule has 0 spiro atoms. The van der Waals surface area contributed by atoms with E-state index in [1.54, 1.807) is 0 Å². The van der Waals surface area contributed by atoms with Gasteiger partial charge in [-0.25, -0.2) is 4.98 Å². The minimum atomic E-state index is 0.669. The molecular formula is C14H14ClN3. The molecule has 3 nitrogen and oxygen atoms in total. The Morgan fingerprint density at radius 1 is 1.28 bits per heavy atom. The highest BCUT2D eigenvalue weighted by atomic mass is 35.5. The second-order valence-corrected chi connectivity index (χ2v) is 4.49. The summed E-state index contributed by atoms with van der Waals surface area (Å²) in [6, 6.07) is 9.75. The Hall–Kier alpha value is -1.79. The first-order valence-corrected chi connectivity index (χ1v) is 6.41. The van der Waals surface area contributed by atoms with E-state index in [0.29, 0.717) is 11.4 Å². The number of benzene rings is 1. The van der Waals surface area contributed by atoms with Crippen molar-refractivity contribution in [2.45, 2.75) is 19.4 Å². The van der Waals surface area contributed by atoms with E-state index >= 15 is 0 Å². The first kappa shape index (κ1) is 12.7. The largest absolute Gasteiger partial charge is 0.330 e. The highest BCUT2D eigenvalue weighted by molar-refractivity contribution is 6.17. The number of alkyl halides is 1. The minimum absolute atomic E-state index is 0.669. The van der Waals surface area contributed by atoms with Gasteiger partial charge in [0.2, 0.25) is 0 Å². The second-order valence-electron chi connectivity index (χ2n) is 4.11. The van der Waals surface area contributed by atoms with Crippen molar-refractivity contribution in [1.29, 1.82) is 5.26 Å². The third-order valence-electron chi connectivity index (χ3n) is 2.80. The molecule has 1 aromatic carbocycles. The molecule has 2 rings (SSSR count). The summed E-state index contributed by atoms with van der Waals surface area (Å²) in [6.07, 6.45) is 5.62. The fourth-order valence-corrected chi connectivity index (χ4v) is 1.96. The van der Waals surface area contributed by atoms with Crippen LogP contribution in [0.4, 0.5) is 0 Å². The Bertz CT molecular complexity index is 537. The van der Waals surface area contributed by atoms with Gasteiger partial charge in [-0.05, 0) is 30.5 Å². The molecule has 0 N–H and O–H groups in total. The second kappa shape index (κ2) is 6.23. The van der Waals surface area contributed by atoms with Gasteiger partial charge in [0, 0.05) is 24.3 Å². The van der Waals surface area contributed by atoms with Gasteiger partial charge in [0.25, 0.3) is 0 Å². The third kappa shape index (κ3) is 3.12. The Morgan fingerprint density at radius 3 is 2.72 bits per heavy atom. The van der Waals surface area contributed by atoms with Gasteiger partial charge in [-0.15, -0.1) is 11.6 Å². The molecule has 0 bridgehead atoms. The van der Waals surface area contributed by atoms with Gasteiger partial charge in [-0.3, -0.25) is 0 Å². The number of aryl methyl sites for hydroxylation is 1. The smallest absolute Gasteiger partial charge is 0.0991 e. The van der Waals surface area contributed by atoms with E-state index in [4.69, 9.17) is 16.9 Å². The average Bonchev–Trinajstić information content (AvgIpc) is 2.84. The predicted molar refractivity (Wildman–Crippen MR) is 71.5 cm³/mol. The van der Waals surface area contributed by atoms with Gasteiger partial charge < -0.3 is 4.57 Å². The fourth-order valence-electron chi connectivity index (χ4n) is 1.83. The summed E-state index contributed by atoms with van der Waals surface area (Å²) < 4.78 is 2.12. The molecule has 0 saturated carbocycles. The van der Waals surface area contributed by atoms with Crippen molar-refractivity contribution in [3.05, 3.63) is 53.6 Å². The lowest BCUT2D eigenvalue weighted by Gasteiger charge is -2.07. The molecule has 4 heteroatoms. The van der Waals surface area contributed by atoms with Crippen LogP contribution in [0.5, 0.6) is 0 Å². The van der Waals surface area contributed by atoms with Gasteiger partial charge in [0.15, 0.2) is 0 Å². The molecule has 92 valence electrons. The molecule has 0 aliphatic heterocycles. The van der Waals surface area contributed by atoms with Crippen molar-refractivity contribution in [2.75, 3.05) is 5.88 Å². The maximum atomic E-state index is 8.75. The maximum Gasteiger partial charge on any atom is 0.0991 e. The van der Waals surface area contributed by atoms with Crippen LogP contribution in [-0.4, -0.2) is 15.4 Å². The Labute approximate surface area is 112 Å². The summed E-state index contributed by atoms with van der Waals surface area (Å²) in [5.41, 5.74) is 3.05. The summed E-state index contributed by atoms with van der Waals surface area (Å²) in [5.74, 6) is 0.669. The lowest BCUT2D eigenvalue weighted by Crippen LogP contribution is -2.03. The first-order chi connectivity index (χ1) is 8.83. The number of imidazole rings is 1. The molecule has 18 heavy (non-hydrogen) atoms. The fraction of sp³-hybridized carbons (Fsp3) is 0.286. The monoisotopic (exact) mass is 261 g/mol. The number of rotatable bonds is 5. The molecule has 0 atom stereocenters. The van der Waals surface area contributed by atoms with Gasteiger partial charge in [0.1, 0.15) is 0 Å². The van der Waals surface area contributed by atoms with Crippen LogP contribution in [0.15, 0.2) is 36.8 Å². The van der Waals surface area contributed by atoms with E-state index in [2.05, 4.69) is 15.6 Å². The Kier molecular flexibility index (Phi) is 4.38. The average molecular weight is 262 g/mol. The van der Waals surface area contributed by atoms with Crippen LogP contribution in [0.2, 0.25) is 0 Å². The summed E-state index contributed by atoms with van der Waals surface area (Å²) >= 11 is 5.70. The molecule has 0 aliphatic carbocycles. The van der Waals surface area contributed by atoms with E-state index in [1.165, 1.54) is 11.3 Å². The normalized spacial score (nSPS) is 10.2. The highest BCUT2D eigenvalue weighted by Gasteiger charge is 2.02. The zero-order chi connectivity index (χ0) is 12.8. The molecular weight excluding hydrogens is 248 g/mol. The quantitative estimate of drug-likeness (QED) is 0.777. The number of hydrogen-bond acceptors (Lipinski definition) is 2. The van der Waals surface area contributed by atoms with E-state index < -0.39 is 0 Å². The minimum Gasteiger partial charge on any atom is -0.330 e. The summed E-state index contributed by atoms with van der Waals surface area (Å²) in [7, 11) is 0. The van der Waals surface area contributed by atoms with Crippen molar-refractivity contribution >= 4 is 11.6 Å². The van der Waals surface area contributed by atoms with Gasteiger partial charge in [0.05, 0.1) is 18.0 Å². The van der Waals surface area contributed by atoms with Gasteiger partial charge >= 0.3 is 0 Å². The zero-order valence-electron chi connectivity index (χ0n) is 10.0. The topological polar surface area (TPSA) is 41.6 Å². The van der Waals surface area contributed by atoms with E-state index in [9.17, 15) is 0 Å². The summed E-state index contributed by atoms with van der Waals surface area (Å²) in [6.45, 7) is 0.781. The van der Waals surface area contributed by atoms with Crippen molar-refractivity contribution in [3.8, 4) is 6.07 Å². The number of halogens is 1. The Balaban J connectivity index is 2.08. The van der Waals surface area contributed by atoms with Crippen molar-refractivity contribution in [3.63, 3.8) is 0 Å². The van der Waals surface area contributed by atoms with Crippen LogP contribution in [-0.2, 0) is 13.0 Å². The molecule has 0 aliphatic rings. The van der Waals surface area contributed by atoms with Crippen LogP contribution in [0, 0.1) is 11.3 Å². The number of hydrogen-bond donors (Lipinski definition) is 0. The van der Waals surface area contributed by atoms with E-state index in [0.717, 1.165) is 19.4 Å². The maximum absolute atomic E-state index is 8.75. The van der Waals surface area contributed by atoms with E-state index in [1.807, 2.05) is 36.8 Å². The molecule has 2 aromatic rings. The third-order valence-corrected chi connectivity index (χ3v) is 3.07. The van der Waals surface area contributed by atoms with Gasteiger partial charge in [-0.2, -0.15) is 5.26 Å². The van der Waals surface area contributed by atoms with Crippen molar-refractivity contribution in [1.82, 2.24) is 9.55 Å². The van der Waals surface area contributed by atoms with Crippen LogP contribution >= 0.6 is 11.6 Å².